The maximum Gasteiger partial charge on any atom is 0.326 e. The van der Waals surface area contributed by atoms with Gasteiger partial charge in [0.2, 0.25) is 0 Å². The van der Waals surface area contributed by atoms with E-state index in [2.05, 4.69) is 5.32 Å². The van der Waals surface area contributed by atoms with Crippen LogP contribution in [0.25, 0.3) is 0 Å². The molecule has 0 aliphatic carbocycles. The Hall–Kier alpha value is -2.57. The number of esters is 1. The van der Waals surface area contributed by atoms with E-state index in [1.54, 1.807) is 18.2 Å². The third-order valence-corrected chi connectivity index (χ3v) is 4.31. The van der Waals surface area contributed by atoms with E-state index in [-0.39, 0.29) is 6.54 Å². The number of unbranched alkanes of at least 4 members (excludes halogenated alkanes) is 1. The quantitative estimate of drug-likeness (QED) is 0.502. The average Bonchev–Trinajstić information content (AvgIpc) is 2.81. The maximum absolute atomic E-state index is 12.9. The van der Waals surface area contributed by atoms with Gasteiger partial charge in [-0.2, -0.15) is 0 Å². The van der Waals surface area contributed by atoms with Gasteiger partial charge in [0.25, 0.3) is 5.91 Å². The van der Waals surface area contributed by atoms with Gasteiger partial charge >= 0.3 is 12.0 Å². The van der Waals surface area contributed by atoms with Crippen molar-refractivity contribution in [3.63, 3.8) is 0 Å². The number of amides is 3. The van der Waals surface area contributed by atoms with Gasteiger partial charge in [-0.15, -0.1) is 0 Å². The summed E-state index contributed by atoms with van der Waals surface area (Å²) in [5.41, 5.74) is -0.535. The highest BCUT2D eigenvalue weighted by atomic mass is 16.5. The Bertz CT molecular complexity index is 675. The summed E-state index contributed by atoms with van der Waals surface area (Å²) in [6, 6.07) is 6.54. The monoisotopic (exact) mass is 332 g/mol. The van der Waals surface area contributed by atoms with Crippen LogP contribution in [0.3, 0.4) is 0 Å². The predicted molar refractivity (Wildman–Crippen MR) is 84.3 cm³/mol. The van der Waals surface area contributed by atoms with Crippen LogP contribution in [0.1, 0.15) is 31.7 Å². The van der Waals surface area contributed by atoms with Crippen molar-refractivity contribution in [3.05, 3.63) is 29.8 Å². The van der Waals surface area contributed by atoms with Crippen LogP contribution >= 0.6 is 0 Å². The molecular weight excluding hydrogens is 312 g/mol. The molecule has 1 spiro atoms. The molecule has 1 aromatic rings. The fourth-order valence-corrected chi connectivity index (χ4v) is 3.02. The third kappa shape index (κ3) is 2.70. The minimum atomic E-state index is -1.16. The highest BCUT2D eigenvalue weighted by molar-refractivity contribution is 6.09. The number of ether oxygens (including phenoxy) is 2. The first kappa shape index (κ1) is 16.3. The van der Waals surface area contributed by atoms with E-state index in [9.17, 15) is 14.4 Å². The van der Waals surface area contributed by atoms with Gasteiger partial charge < -0.3 is 14.8 Å². The SMILES string of the molecule is CCCCOC(=O)CN1C(=O)NC2(CCOc3ccccc32)C1=O. The first-order valence-corrected chi connectivity index (χ1v) is 8.10. The van der Waals surface area contributed by atoms with Crippen LogP contribution in [0, 0.1) is 0 Å². The zero-order valence-electron chi connectivity index (χ0n) is 13.5. The molecule has 1 unspecified atom stereocenters. The van der Waals surface area contributed by atoms with Gasteiger partial charge in [-0.25, -0.2) is 4.79 Å². The molecule has 0 bridgehead atoms. The predicted octanol–water partition coefficient (Wildman–Crippen LogP) is 1.56. The summed E-state index contributed by atoms with van der Waals surface area (Å²) in [6.45, 7) is 2.22. The second-order valence-corrected chi connectivity index (χ2v) is 5.90. The van der Waals surface area contributed by atoms with Crippen LogP contribution in [0.4, 0.5) is 4.79 Å². The maximum atomic E-state index is 12.9. The molecule has 1 aromatic carbocycles. The van der Waals surface area contributed by atoms with Crippen LogP contribution in [0.15, 0.2) is 24.3 Å². The van der Waals surface area contributed by atoms with Crippen molar-refractivity contribution in [2.24, 2.45) is 0 Å². The van der Waals surface area contributed by atoms with Crippen molar-refractivity contribution >= 4 is 17.9 Å². The molecule has 0 aromatic heterocycles. The minimum Gasteiger partial charge on any atom is -0.493 e. The van der Waals surface area contributed by atoms with Crippen LogP contribution in [-0.2, 0) is 19.9 Å². The lowest BCUT2D eigenvalue weighted by atomic mass is 9.84. The largest absolute Gasteiger partial charge is 0.493 e. The van der Waals surface area contributed by atoms with Gasteiger partial charge in [0, 0.05) is 12.0 Å². The number of carbonyl (C=O) groups excluding carboxylic acids is 3. The van der Waals surface area contributed by atoms with Crippen molar-refractivity contribution in [2.45, 2.75) is 31.7 Å². The molecule has 1 atom stereocenters. The molecule has 7 heteroatoms. The number of urea groups is 1. The van der Waals surface area contributed by atoms with Crippen LogP contribution in [-0.4, -0.2) is 42.6 Å². The number of fused-ring (bicyclic) bond motifs is 2. The van der Waals surface area contributed by atoms with E-state index < -0.39 is 23.4 Å². The number of nitrogens with one attached hydrogen (secondary N) is 1. The smallest absolute Gasteiger partial charge is 0.326 e. The number of hydrogen-bond acceptors (Lipinski definition) is 5. The molecule has 1 fully saturated rings. The highest BCUT2D eigenvalue weighted by Crippen LogP contribution is 2.40. The number of rotatable bonds is 5. The van der Waals surface area contributed by atoms with Crippen molar-refractivity contribution < 1.29 is 23.9 Å². The molecule has 1 saturated heterocycles. The van der Waals surface area contributed by atoms with E-state index >= 15 is 0 Å². The number of para-hydroxylation sites is 1. The number of hydrogen-bond donors (Lipinski definition) is 1. The topological polar surface area (TPSA) is 84.9 Å². The van der Waals surface area contributed by atoms with Gasteiger partial charge in [-0.1, -0.05) is 31.5 Å². The summed E-state index contributed by atoms with van der Waals surface area (Å²) in [6.07, 6.45) is 1.98. The van der Waals surface area contributed by atoms with E-state index in [1.165, 1.54) is 0 Å². The minimum absolute atomic E-state index is 0.292. The van der Waals surface area contributed by atoms with Crippen LogP contribution in [0.2, 0.25) is 0 Å². The van der Waals surface area contributed by atoms with Crippen molar-refractivity contribution in [1.29, 1.82) is 0 Å². The number of nitrogens with zero attached hydrogens (tertiary/aromatic N) is 1. The molecule has 0 radical (unpaired) electrons. The van der Waals surface area contributed by atoms with Gasteiger partial charge in [-0.3, -0.25) is 14.5 Å². The van der Waals surface area contributed by atoms with E-state index in [0.29, 0.717) is 30.9 Å². The van der Waals surface area contributed by atoms with E-state index in [0.717, 1.165) is 17.7 Å². The molecule has 2 heterocycles. The Kier molecular flexibility index (Phi) is 4.42. The Morgan fingerprint density at radius 2 is 2.17 bits per heavy atom. The molecule has 7 nitrogen and oxygen atoms in total. The molecular formula is C17H20N2O5. The van der Waals surface area contributed by atoms with E-state index in [4.69, 9.17) is 9.47 Å². The summed E-state index contributed by atoms with van der Waals surface area (Å²) in [4.78, 5) is 38.0. The second-order valence-electron chi connectivity index (χ2n) is 5.90. The zero-order chi connectivity index (χ0) is 17.2. The average molecular weight is 332 g/mol. The van der Waals surface area contributed by atoms with E-state index in [1.807, 2.05) is 13.0 Å². The van der Waals surface area contributed by atoms with Crippen molar-refractivity contribution in [3.8, 4) is 5.75 Å². The lowest BCUT2D eigenvalue weighted by molar-refractivity contribution is -0.148. The Morgan fingerprint density at radius 3 is 2.96 bits per heavy atom. The summed E-state index contributed by atoms with van der Waals surface area (Å²) in [7, 11) is 0. The standard InChI is InChI=1S/C17H20N2O5/c1-2-3-9-24-14(20)11-19-15(21)17(18-16(19)22)8-10-23-13-7-5-4-6-12(13)17/h4-7H,2-3,8-11H2,1H3,(H,18,22). The van der Waals surface area contributed by atoms with Crippen LogP contribution in [0.5, 0.6) is 5.75 Å². The fourth-order valence-electron chi connectivity index (χ4n) is 3.02. The summed E-state index contributed by atoms with van der Waals surface area (Å²) >= 11 is 0. The number of benzene rings is 1. The van der Waals surface area contributed by atoms with Gasteiger partial charge in [0.05, 0.1) is 13.2 Å². The summed E-state index contributed by atoms with van der Waals surface area (Å²) in [5, 5.41) is 2.75. The molecule has 2 aliphatic rings. The molecule has 128 valence electrons. The number of carbonyl (C=O) groups is 3. The Balaban J connectivity index is 1.79. The van der Waals surface area contributed by atoms with Crippen molar-refractivity contribution in [2.75, 3.05) is 19.8 Å². The normalized spacial score (nSPS) is 22.1. The second kappa shape index (κ2) is 6.51. The molecule has 2 aliphatic heterocycles. The lowest BCUT2D eigenvalue weighted by Gasteiger charge is -2.33. The first-order valence-electron chi connectivity index (χ1n) is 8.10. The van der Waals surface area contributed by atoms with Crippen molar-refractivity contribution in [1.82, 2.24) is 10.2 Å². The molecule has 3 amide bonds. The molecule has 3 rings (SSSR count). The zero-order valence-corrected chi connectivity index (χ0v) is 13.5. The molecule has 1 N–H and O–H groups in total. The summed E-state index contributed by atoms with van der Waals surface area (Å²) < 4.78 is 10.6. The number of imide groups is 1. The fraction of sp³-hybridized carbons (Fsp3) is 0.471. The first-order chi connectivity index (χ1) is 11.6. The summed E-state index contributed by atoms with van der Waals surface area (Å²) in [5.74, 6) is -0.440. The van der Waals surface area contributed by atoms with Gasteiger partial charge in [0.15, 0.2) is 5.54 Å². The van der Waals surface area contributed by atoms with Crippen LogP contribution < -0.4 is 10.1 Å². The highest BCUT2D eigenvalue weighted by Gasteiger charge is 2.55. The Labute approximate surface area is 139 Å². The lowest BCUT2D eigenvalue weighted by Crippen LogP contribution is -2.47. The molecule has 24 heavy (non-hydrogen) atoms. The van der Waals surface area contributed by atoms with Gasteiger partial charge in [-0.05, 0) is 12.5 Å². The van der Waals surface area contributed by atoms with Gasteiger partial charge in [0.1, 0.15) is 12.3 Å². The Morgan fingerprint density at radius 1 is 1.38 bits per heavy atom. The molecule has 0 saturated carbocycles. The third-order valence-electron chi connectivity index (χ3n) is 4.31.